The Morgan fingerprint density at radius 3 is 2.93 bits per heavy atom. The van der Waals surface area contributed by atoms with Crippen molar-refractivity contribution in [3.63, 3.8) is 0 Å². The highest BCUT2D eigenvalue weighted by Gasteiger charge is 2.18. The van der Waals surface area contributed by atoms with Crippen molar-refractivity contribution in [2.24, 2.45) is 5.92 Å². The number of hydrogen-bond acceptors (Lipinski definition) is 5. The van der Waals surface area contributed by atoms with Crippen LogP contribution in [0.4, 0.5) is 5.69 Å². The number of methoxy groups -OCH3 is 1. The van der Waals surface area contributed by atoms with Gasteiger partial charge in [-0.3, -0.25) is 0 Å². The Balaban J connectivity index is 1.60. The highest BCUT2D eigenvalue weighted by molar-refractivity contribution is 6.34. The van der Waals surface area contributed by atoms with Crippen LogP contribution in [0.5, 0.6) is 5.75 Å². The average molecular weight is 386 g/mol. The molecule has 7 heteroatoms. The lowest BCUT2D eigenvalue weighted by Gasteiger charge is -2.29. The SMILES string of the molecule is COc1cccc(-c2nc3ncc(Cl)c(NCC4CCN(C)CC4)c3[nH]2)c1. The molecular formula is C20H24ClN5O. The molecule has 1 aromatic carbocycles. The van der Waals surface area contributed by atoms with E-state index in [2.05, 4.69) is 32.2 Å². The number of fused-ring (bicyclic) bond motifs is 1. The molecule has 0 atom stereocenters. The standard InChI is InChI=1S/C20H24ClN5O/c1-26-8-6-13(7-9-26)11-22-17-16(21)12-23-20-18(17)24-19(25-20)14-4-3-5-15(10-14)27-2/h3-5,10,12-13H,6-9,11H2,1-2H3,(H2,22,23,24,25). The number of pyridine rings is 1. The van der Waals surface area contributed by atoms with E-state index in [0.717, 1.165) is 48.0 Å². The number of hydrogen-bond donors (Lipinski definition) is 2. The maximum Gasteiger partial charge on any atom is 0.180 e. The van der Waals surface area contributed by atoms with Crippen LogP contribution in [-0.2, 0) is 0 Å². The Hall–Kier alpha value is -2.31. The molecule has 142 valence electrons. The van der Waals surface area contributed by atoms with Crippen LogP contribution in [0.2, 0.25) is 5.02 Å². The Morgan fingerprint density at radius 1 is 1.33 bits per heavy atom. The molecule has 0 spiro atoms. The normalized spacial score (nSPS) is 16.0. The summed E-state index contributed by atoms with van der Waals surface area (Å²) in [6.07, 6.45) is 4.07. The third kappa shape index (κ3) is 3.87. The number of nitrogens with one attached hydrogen (secondary N) is 2. The van der Waals surface area contributed by atoms with Crippen molar-refractivity contribution in [2.75, 3.05) is 39.1 Å². The first-order chi connectivity index (χ1) is 13.1. The smallest absolute Gasteiger partial charge is 0.180 e. The molecule has 1 fully saturated rings. The molecule has 2 N–H and O–H groups in total. The Morgan fingerprint density at radius 2 is 2.15 bits per heavy atom. The van der Waals surface area contributed by atoms with E-state index in [1.165, 1.54) is 12.8 Å². The molecule has 0 amide bonds. The summed E-state index contributed by atoms with van der Waals surface area (Å²) in [6, 6.07) is 7.80. The molecule has 1 saturated heterocycles. The van der Waals surface area contributed by atoms with Crippen LogP contribution < -0.4 is 10.1 Å². The summed E-state index contributed by atoms with van der Waals surface area (Å²) in [5, 5.41) is 4.15. The minimum Gasteiger partial charge on any atom is -0.497 e. The fourth-order valence-electron chi connectivity index (χ4n) is 3.53. The lowest BCUT2D eigenvalue weighted by molar-refractivity contribution is 0.226. The molecule has 1 aliphatic heterocycles. The summed E-state index contributed by atoms with van der Waals surface area (Å²) in [4.78, 5) is 14.8. The molecule has 6 nitrogen and oxygen atoms in total. The van der Waals surface area contributed by atoms with Crippen LogP contribution in [0.1, 0.15) is 12.8 Å². The predicted octanol–water partition coefficient (Wildman–Crippen LogP) is 4.04. The molecule has 0 aliphatic carbocycles. The maximum absolute atomic E-state index is 6.45. The third-order valence-electron chi connectivity index (χ3n) is 5.22. The predicted molar refractivity (Wildman–Crippen MR) is 110 cm³/mol. The largest absolute Gasteiger partial charge is 0.497 e. The summed E-state index contributed by atoms with van der Waals surface area (Å²) >= 11 is 6.45. The Kier molecular flexibility index (Phi) is 5.18. The molecule has 0 radical (unpaired) electrons. The average Bonchev–Trinajstić information content (AvgIpc) is 3.13. The van der Waals surface area contributed by atoms with E-state index in [1.54, 1.807) is 13.3 Å². The minimum absolute atomic E-state index is 0.608. The van der Waals surface area contributed by atoms with E-state index < -0.39 is 0 Å². The molecule has 27 heavy (non-hydrogen) atoms. The number of H-pyrrole nitrogens is 1. The van der Waals surface area contributed by atoms with Gasteiger partial charge in [0.15, 0.2) is 5.65 Å². The zero-order valence-corrected chi connectivity index (χ0v) is 16.4. The number of anilines is 1. The molecule has 2 aromatic heterocycles. The molecule has 3 heterocycles. The van der Waals surface area contributed by atoms with Crippen LogP contribution in [0.3, 0.4) is 0 Å². The highest BCUT2D eigenvalue weighted by Crippen LogP contribution is 2.31. The van der Waals surface area contributed by atoms with Crippen LogP contribution in [0.25, 0.3) is 22.6 Å². The fourth-order valence-corrected chi connectivity index (χ4v) is 3.74. The zero-order valence-electron chi connectivity index (χ0n) is 15.6. The van der Waals surface area contributed by atoms with Gasteiger partial charge in [-0.15, -0.1) is 0 Å². The first kappa shape index (κ1) is 18.1. The van der Waals surface area contributed by atoms with E-state index in [0.29, 0.717) is 16.6 Å². The number of nitrogens with zero attached hydrogens (tertiary/aromatic N) is 3. The molecule has 0 saturated carbocycles. The summed E-state index contributed by atoms with van der Waals surface area (Å²) < 4.78 is 5.31. The second kappa shape index (κ2) is 7.74. The topological polar surface area (TPSA) is 66.1 Å². The van der Waals surface area contributed by atoms with Gasteiger partial charge in [0.2, 0.25) is 0 Å². The van der Waals surface area contributed by atoms with Crippen molar-refractivity contribution in [3.8, 4) is 17.1 Å². The van der Waals surface area contributed by atoms with Gasteiger partial charge in [0.25, 0.3) is 0 Å². The number of piperidine rings is 1. The van der Waals surface area contributed by atoms with Gasteiger partial charge in [-0.1, -0.05) is 23.7 Å². The number of likely N-dealkylation sites (tertiary alicyclic amines) is 1. The van der Waals surface area contributed by atoms with Gasteiger partial charge in [-0.05, 0) is 51.0 Å². The highest BCUT2D eigenvalue weighted by atomic mass is 35.5. The first-order valence-corrected chi connectivity index (χ1v) is 9.63. The summed E-state index contributed by atoms with van der Waals surface area (Å²) in [6.45, 7) is 3.20. The van der Waals surface area contributed by atoms with Gasteiger partial charge in [-0.2, -0.15) is 0 Å². The number of aromatic amines is 1. The fraction of sp³-hybridized carbons (Fsp3) is 0.400. The number of imidazole rings is 1. The second-order valence-electron chi connectivity index (χ2n) is 7.12. The van der Waals surface area contributed by atoms with E-state index in [9.17, 15) is 0 Å². The molecule has 1 aliphatic rings. The van der Waals surface area contributed by atoms with Gasteiger partial charge >= 0.3 is 0 Å². The van der Waals surface area contributed by atoms with Crippen LogP contribution in [0.15, 0.2) is 30.5 Å². The lowest BCUT2D eigenvalue weighted by atomic mass is 9.97. The van der Waals surface area contributed by atoms with E-state index in [1.807, 2.05) is 24.3 Å². The van der Waals surface area contributed by atoms with E-state index >= 15 is 0 Å². The molecule has 4 rings (SSSR count). The Labute approximate surface area is 163 Å². The van der Waals surface area contributed by atoms with Crippen molar-refractivity contribution >= 4 is 28.5 Å². The van der Waals surface area contributed by atoms with Gasteiger partial charge < -0.3 is 19.9 Å². The number of aromatic nitrogens is 3. The monoisotopic (exact) mass is 385 g/mol. The minimum atomic E-state index is 0.608. The maximum atomic E-state index is 6.45. The van der Waals surface area contributed by atoms with Crippen LogP contribution >= 0.6 is 11.6 Å². The molecule has 0 bridgehead atoms. The van der Waals surface area contributed by atoms with Crippen molar-refractivity contribution in [2.45, 2.75) is 12.8 Å². The zero-order chi connectivity index (χ0) is 18.8. The van der Waals surface area contributed by atoms with E-state index in [-0.39, 0.29) is 0 Å². The van der Waals surface area contributed by atoms with Crippen LogP contribution in [0, 0.1) is 5.92 Å². The summed E-state index contributed by atoms with van der Waals surface area (Å²) in [5.41, 5.74) is 3.32. The van der Waals surface area contributed by atoms with Crippen LogP contribution in [-0.4, -0.2) is 53.6 Å². The second-order valence-corrected chi connectivity index (χ2v) is 7.53. The van der Waals surface area contributed by atoms with Crippen molar-refractivity contribution in [3.05, 3.63) is 35.5 Å². The quantitative estimate of drug-likeness (QED) is 0.693. The molecule has 0 unspecified atom stereocenters. The summed E-state index contributed by atoms with van der Waals surface area (Å²) in [5.74, 6) is 2.20. The van der Waals surface area contributed by atoms with Gasteiger partial charge in [-0.25, -0.2) is 9.97 Å². The lowest BCUT2D eigenvalue weighted by Crippen LogP contribution is -2.33. The van der Waals surface area contributed by atoms with Gasteiger partial charge in [0.1, 0.15) is 17.1 Å². The summed E-state index contributed by atoms with van der Waals surface area (Å²) in [7, 11) is 3.84. The number of ether oxygens (including phenoxy) is 1. The van der Waals surface area contributed by atoms with Crippen molar-refractivity contribution in [1.82, 2.24) is 19.9 Å². The third-order valence-corrected chi connectivity index (χ3v) is 5.51. The van der Waals surface area contributed by atoms with Gasteiger partial charge in [0.05, 0.1) is 24.0 Å². The Bertz CT molecular complexity index is 933. The van der Waals surface area contributed by atoms with E-state index in [4.69, 9.17) is 16.3 Å². The van der Waals surface area contributed by atoms with Crippen molar-refractivity contribution < 1.29 is 4.74 Å². The molecule has 3 aromatic rings. The first-order valence-electron chi connectivity index (χ1n) is 9.25. The molecular weight excluding hydrogens is 362 g/mol. The number of benzene rings is 1. The van der Waals surface area contributed by atoms with Gasteiger partial charge in [0, 0.05) is 12.1 Å². The number of halogens is 1. The number of rotatable bonds is 5. The van der Waals surface area contributed by atoms with Crippen molar-refractivity contribution in [1.29, 1.82) is 0 Å².